The molecule has 25 heteroatoms. The average molecular weight is 1260 g/mol. The molecule has 23 nitrogen and oxygen atoms in total. The zero-order chi connectivity index (χ0) is 54.4. The Morgan fingerprint density at radius 2 is 0.789 bits per heavy atom. The molecule has 0 saturated carbocycles. The van der Waals surface area contributed by atoms with E-state index < -0.39 is 108 Å². The van der Waals surface area contributed by atoms with E-state index in [-0.39, 0.29) is 97.8 Å². The van der Waals surface area contributed by atoms with Crippen molar-refractivity contribution in [3.63, 3.8) is 0 Å². The van der Waals surface area contributed by atoms with Crippen molar-refractivity contribution in [3.8, 4) is 0 Å². The number of nitrogens with one attached hydrogen (secondary N) is 1. The van der Waals surface area contributed by atoms with Crippen LogP contribution < -0.4 is 42.9 Å². The molecule has 0 bridgehead atoms. The summed E-state index contributed by atoms with van der Waals surface area (Å²) >= 11 is 0. The molecule has 0 saturated heterocycles. The molecule has 76 heavy (non-hydrogen) atoms. The Labute approximate surface area is 485 Å². The normalized spacial score (nSPS) is 12.2. The van der Waals surface area contributed by atoms with Crippen LogP contribution in [-0.2, 0) is 56.6 Å². The van der Waals surface area contributed by atoms with Crippen molar-refractivity contribution in [1.29, 1.82) is 0 Å². The molecule has 1 unspecified atom stereocenters. The summed E-state index contributed by atoms with van der Waals surface area (Å²) in [5.41, 5.74) is 0. The molecule has 1 amide bonds. The van der Waals surface area contributed by atoms with E-state index in [1.54, 1.807) is 0 Å². The fourth-order valence-electron chi connectivity index (χ4n) is 8.01. The number of esters is 2. The predicted octanol–water partition coefficient (Wildman–Crippen LogP) is 2.68. The maximum absolute atomic E-state index is 12.8. The number of phosphoric ester groups is 1. The molecular weight excluding hydrogens is 1160 g/mol. The van der Waals surface area contributed by atoms with Gasteiger partial charge in [-0.1, -0.05) is 168 Å². The van der Waals surface area contributed by atoms with Gasteiger partial charge in [0.05, 0.1) is 43.6 Å². The van der Waals surface area contributed by atoms with Gasteiger partial charge in [-0.15, -0.1) is 0 Å². The van der Waals surface area contributed by atoms with Crippen molar-refractivity contribution in [1.82, 2.24) is 32.3 Å². The summed E-state index contributed by atoms with van der Waals surface area (Å²) in [4.78, 5) is 98.9. The molecule has 9 N–H and O–H groups in total. The third-order valence-corrected chi connectivity index (χ3v) is 13.0. The number of aliphatic carboxylic acids is 4. The van der Waals surface area contributed by atoms with Gasteiger partial charge in [0.2, 0.25) is 5.91 Å². The molecule has 0 aromatic rings. The fraction of sp³-hybridized carbons (Fsp3) is 0.863. The zero-order valence-corrected chi connectivity index (χ0v) is 49.8. The van der Waals surface area contributed by atoms with Gasteiger partial charge in [0.25, 0.3) is 7.82 Å². The molecule has 0 heterocycles. The Hall–Kier alpha value is -2.48. The molecule has 0 aliphatic carbocycles. The van der Waals surface area contributed by atoms with Crippen LogP contribution in [0, 0.1) is 39.9 Å². The van der Waals surface area contributed by atoms with Gasteiger partial charge in [0, 0.05) is 71.7 Å². The molecular formula is C51H98GdN6O17P. The van der Waals surface area contributed by atoms with E-state index in [9.17, 15) is 63.4 Å². The fourth-order valence-corrected chi connectivity index (χ4v) is 8.74. The quantitative estimate of drug-likeness (QED) is 0.0447. The number of rotatable bonds is 54. The minimum Gasteiger partial charge on any atom is -0.756 e. The first kappa shape index (κ1) is 80.0. The number of unbranched alkanes of at least 4 members (excludes halogenated alkanes) is 24. The van der Waals surface area contributed by atoms with Gasteiger partial charge in [0.1, 0.15) is 6.61 Å². The Kier molecular flexibility index (Phi) is 57.4. The van der Waals surface area contributed by atoms with E-state index in [4.69, 9.17) is 18.5 Å². The van der Waals surface area contributed by atoms with E-state index in [0.29, 0.717) is 12.8 Å². The number of hydrogen-bond acceptors (Lipinski definition) is 20. The van der Waals surface area contributed by atoms with Gasteiger partial charge in [0.15, 0.2) is 6.10 Å². The van der Waals surface area contributed by atoms with E-state index in [1.807, 2.05) is 0 Å². The van der Waals surface area contributed by atoms with Gasteiger partial charge in [-0.25, -0.2) is 0 Å². The largest absolute Gasteiger partial charge is 3.00 e. The SMILES string of the molecule is CCCCCCCCCCCCCCCC(=O)OC[C@H](COP(=O)([O-])OCCNC(=O)CN(CCN(CCN(CC(=O)[O-])CC(=O)[O-])CC(=O)[O-])CC(=O)[O-])OC(=O)CCCCCCCCCCCCCCC.[Gd+3].[NH4+].[NH4+]. The second-order valence-corrected chi connectivity index (χ2v) is 20.3. The summed E-state index contributed by atoms with van der Waals surface area (Å²) in [6.45, 7) is -2.16. The second kappa shape index (κ2) is 54.5. The summed E-state index contributed by atoms with van der Waals surface area (Å²) in [6, 6.07) is 0. The molecule has 0 aliphatic rings. The van der Waals surface area contributed by atoms with Gasteiger partial charge in [-0.05, 0) is 12.8 Å². The van der Waals surface area contributed by atoms with Crippen molar-refractivity contribution in [2.24, 2.45) is 0 Å². The van der Waals surface area contributed by atoms with E-state index in [2.05, 4.69) is 19.2 Å². The summed E-state index contributed by atoms with van der Waals surface area (Å²) in [7, 11) is -5.07. The first-order chi connectivity index (χ1) is 35.0. The first-order valence-electron chi connectivity index (χ1n) is 27.1. The van der Waals surface area contributed by atoms with Gasteiger partial charge in [-0.2, -0.15) is 0 Å². The van der Waals surface area contributed by atoms with E-state index in [1.165, 1.54) is 108 Å². The number of carbonyl (C=O) groups excluding carboxylic acids is 7. The van der Waals surface area contributed by atoms with Crippen LogP contribution in [0.1, 0.15) is 194 Å². The van der Waals surface area contributed by atoms with Gasteiger partial charge < -0.3 is 80.6 Å². The zero-order valence-electron chi connectivity index (χ0n) is 46.7. The molecule has 2 atom stereocenters. The van der Waals surface area contributed by atoms with Crippen molar-refractivity contribution < 1.29 is 122 Å². The van der Waals surface area contributed by atoms with Crippen LogP contribution in [0.3, 0.4) is 0 Å². The van der Waals surface area contributed by atoms with Crippen molar-refractivity contribution in [2.45, 2.75) is 200 Å². The maximum atomic E-state index is 12.8. The minimum absolute atomic E-state index is 0. The first-order valence-corrected chi connectivity index (χ1v) is 28.6. The number of carbonyl (C=O) groups is 7. The van der Waals surface area contributed by atoms with Crippen molar-refractivity contribution in [3.05, 3.63) is 0 Å². The Balaban J connectivity index is -0.00000864. The summed E-state index contributed by atoms with van der Waals surface area (Å²) in [5.74, 6) is -8.16. The number of hydrogen-bond donors (Lipinski definition) is 3. The standard InChI is InChI=1S/C51H95N4O17P.Gd.2H3N/c1-3-5-7-9-11-13-15-17-19-21-23-25-27-29-50(65)69-42-44(72-51(66)30-28-26-24-22-20-18-16-14-12-10-8-6-4-2)43-71-73(67,68)70-36-31-52-45(56)37-54(39-47(59)60)34-32-53(38-46(57)58)33-35-55(40-48(61)62)41-49(63)64;;;/h44H,3-43H2,1-2H3,(H,52,56)(H,57,58)(H,59,60)(H,61,62)(H,63,64)(H,67,68);;2*1H3/q;+3;;/p-3/t44-;;;/m1.../s1. The van der Waals surface area contributed by atoms with Crippen LogP contribution in [-0.4, -0.2) is 148 Å². The second-order valence-electron chi connectivity index (χ2n) is 18.9. The van der Waals surface area contributed by atoms with Crippen LogP contribution in [0.2, 0.25) is 0 Å². The number of ether oxygens (including phenoxy) is 2. The molecule has 447 valence electrons. The number of quaternary nitrogens is 2. The van der Waals surface area contributed by atoms with E-state index in [0.717, 1.165) is 61.2 Å². The van der Waals surface area contributed by atoms with E-state index >= 15 is 0 Å². The number of carboxylic acid groups (broad SMARTS) is 4. The minimum atomic E-state index is -5.07. The molecule has 0 aromatic carbocycles. The monoisotopic (exact) mass is 1260 g/mol. The molecule has 0 spiro atoms. The van der Waals surface area contributed by atoms with Gasteiger partial charge >= 0.3 is 51.9 Å². The maximum Gasteiger partial charge on any atom is 3.00 e. The van der Waals surface area contributed by atoms with Crippen LogP contribution in [0.15, 0.2) is 0 Å². The Morgan fingerprint density at radius 3 is 1.17 bits per heavy atom. The molecule has 0 fully saturated rings. The number of carboxylic acids is 4. The Bertz CT molecular complexity index is 1540. The third-order valence-electron chi connectivity index (χ3n) is 12.0. The third kappa shape index (κ3) is 54.9. The van der Waals surface area contributed by atoms with Crippen LogP contribution >= 0.6 is 7.82 Å². The Morgan fingerprint density at radius 1 is 0.461 bits per heavy atom. The van der Waals surface area contributed by atoms with Crippen LogP contribution in [0.25, 0.3) is 0 Å². The summed E-state index contributed by atoms with van der Waals surface area (Å²) in [5, 5.41) is 47.2. The average Bonchev–Trinajstić information content (AvgIpc) is 3.31. The predicted molar refractivity (Wildman–Crippen MR) is 275 cm³/mol. The summed E-state index contributed by atoms with van der Waals surface area (Å²) in [6.07, 6.45) is 28.7. The number of nitrogens with zero attached hydrogens (tertiary/aromatic N) is 3. The molecule has 0 rings (SSSR count). The van der Waals surface area contributed by atoms with Crippen molar-refractivity contribution in [2.75, 3.05) is 85.3 Å². The van der Waals surface area contributed by atoms with Crippen LogP contribution in [0.4, 0.5) is 0 Å². The number of phosphoric acid groups is 1. The summed E-state index contributed by atoms with van der Waals surface area (Å²) < 4.78 is 33.5. The topological polar surface area (TPSA) is 384 Å². The van der Waals surface area contributed by atoms with Crippen molar-refractivity contribution >= 4 is 49.5 Å². The molecule has 0 aliphatic heterocycles. The molecule has 0 aromatic heterocycles. The molecule has 1 radical (unpaired) electrons. The smallest absolute Gasteiger partial charge is 0.756 e. The number of amides is 1. The van der Waals surface area contributed by atoms with Gasteiger partial charge in [-0.3, -0.25) is 33.6 Å². The van der Waals surface area contributed by atoms with Crippen LogP contribution in [0.5, 0.6) is 0 Å².